The molecular formula is C21H17ClN4O3. The van der Waals surface area contributed by atoms with Gasteiger partial charge in [-0.2, -0.15) is 10.2 Å². The van der Waals surface area contributed by atoms with Crippen molar-refractivity contribution in [3.05, 3.63) is 74.2 Å². The molecule has 0 bridgehead atoms. The first-order valence-corrected chi connectivity index (χ1v) is 9.03. The van der Waals surface area contributed by atoms with Crippen LogP contribution in [0.2, 0.25) is 5.02 Å². The maximum absolute atomic E-state index is 13.1. The second-order valence-electron chi connectivity index (χ2n) is 6.28. The predicted molar refractivity (Wildman–Crippen MR) is 110 cm³/mol. The SMILES string of the molecule is CNC(=O)/C(C#N)=C/c1c(Oc2ccc(Cl)c(C)c2)nc2c(C)cccn2c1=O. The van der Waals surface area contributed by atoms with Gasteiger partial charge in [-0.05, 0) is 55.3 Å². The van der Waals surface area contributed by atoms with Crippen LogP contribution in [0.1, 0.15) is 16.7 Å². The number of hydrogen-bond donors (Lipinski definition) is 1. The summed E-state index contributed by atoms with van der Waals surface area (Å²) in [6, 6.07) is 10.4. The van der Waals surface area contributed by atoms with Crippen molar-refractivity contribution in [2.24, 2.45) is 0 Å². The van der Waals surface area contributed by atoms with Gasteiger partial charge < -0.3 is 10.1 Å². The molecule has 0 unspecified atom stereocenters. The van der Waals surface area contributed by atoms with Crippen molar-refractivity contribution in [1.82, 2.24) is 14.7 Å². The van der Waals surface area contributed by atoms with E-state index in [0.717, 1.165) is 11.1 Å². The fraction of sp³-hybridized carbons (Fsp3) is 0.143. The lowest BCUT2D eigenvalue weighted by Crippen LogP contribution is -2.22. The number of hydrogen-bond acceptors (Lipinski definition) is 5. The third-order valence-corrected chi connectivity index (χ3v) is 4.70. The minimum Gasteiger partial charge on any atom is -0.438 e. The van der Waals surface area contributed by atoms with E-state index in [4.69, 9.17) is 16.3 Å². The molecule has 29 heavy (non-hydrogen) atoms. The molecular weight excluding hydrogens is 392 g/mol. The monoisotopic (exact) mass is 408 g/mol. The predicted octanol–water partition coefficient (Wildman–Crippen LogP) is 3.41. The van der Waals surface area contributed by atoms with Gasteiger partial charge in [0, 0.05) is 18.3 Å². The first kappa shape index (κ1) is 20.1. The summed E-state index contributed by atoms with van der Waals surface area (Å²) < 4.78 is 7.23. The summed E-state index contributed by atoms with van der Waals surface area (Å²) in [5, 5.41) is 12.3. The van der Waals surface area contributed by atoms with Crippen LogP contribution in [-0.2, 0) is 4.79 Å². The van der Waals surface area contributed by atoms with Crippen LogP contribution in [0.3, 0.4) is 0 Å². The van der Waals surface area contributed by atoms with Crippen molar-refractivity contribution in [3.63, 3.8) is 0 Å². The van der Waals surface area contributed by atoms with Gasteiger partial charge in [-0.3, -0.25) is 14.0 Å². The molecule has 1 amide bonds. The molecule has 2 aromatic heterocycles. The van der Waals surface area contributed by atoms with Gasteiger partial charge in [0.15, 0.2) is 0 Å². The molecule has 0 aliphatic rings. The van der Waals surface area contributed by atoms with E-state index in [-0.39, 0.29) is 17.0 Å². The van der Waals surface area contributed by atoms with Crippen LogP contribution < -0.4 is 15.6 Å². The van der Waals surface area contributed by atoms with Gasteiger partial charge in [0.05, 0.1) is 0 Å². The Morgan fingerprint density at radius 1 is 1.31 bits per heavy atom. The minimum atomic E-state index is -0.616. The quantitative estimate of drug-likeness (QED) is 0.527. The number of likely N-dealkylation sites (N-methyl/N-ethyl adjacent to an activating group) is 1. The standard InChI is InChI=1S/C21H17ClN4O3/c1-12-5-4-8-26-18(12)25-20(29-15-6-7-17(22)13(2)9-15)16(21(26)28)10-14(11-23)19(27)24-3/h4-10H,1-3H3,(H,24,27)/b14-10+. The highest BCUT2D eigenvalue weighted by Gasteiger charge is 2.17. The maximum atomic E-state index is 13.1. The topological polar surface area (TPSA) is 96.5 Å². The van der Waals surface area contributed by atoms with Crippen molar-refractivity contribution in [2.45, 2.75) is 13.8 Å². The molecule has 8 heteroatoms. The Balaban J connectivity index is 2.28. The molecule has 3 rings (SSSR count). The first-order valence-electron chi connectivity index (χ1n) is 8.65. The summed E-state index contributed by atoms with van der Waals surface area (Å²) >= 11 is 6.06. The zero-order valence-corrected chi connectivity index (χ0v) is 16.7. The molecule has 0 aliphatic heterocycles. The Morgan fingerprint density at radius 3 is 2.72 bits per heavy atom. The van der Waals surface area contributed by atoms with Crippen LogP contribution in [-0.4, -0.2) is 22.3 Å². The number of amides is 1. The zero-order chi connectivity index (χ0) is 21.1. The fourth-order valence-electron chi connectivity index (χ4n) is 2.71. The summed E-state index contributed by atoms with van der Waals surface area (Å²) in [6.45, 7) is 3.64. The van der Waals surface area contributed by atoms with E-state index < -0.39 is 11.5 Å². The van der Waals surface area contributed by atoms with E-state index in [0.29, 0.717) is 16.4 Å². The first-order chi connectivity index (χ1) is 13.8. The molecule has 1 N–H and O–H groups in total. The van der Waals surface area contributed by atoms with E-state index >= 15 is 0 Å². The molecule has 0 saturated heterocycles. The number of benzene rings is 1. The zero-order valence-electron chi connectivity index (χ0n) is 16.0. The van der Waals surface area contributed by atoms with Crippen LogP contribution >= 0.6 is 11.6 Å². The highest BCUT2D eigenvalue weighted by atomic mass is 35.5. The normalized spacial score (nSPS) is 11.2. The molecule has 0 fully saturated rings. The minimum absolute atomic E-state index is 0.0114. The molecule has 2 heterocycles. The third kappa shape index (κ3) is 3.98. The van der Waals surface area contributed by atoms with Gasteiger partial charge in [-0.15, -0.1) is 0 Å². The number of rotatable bonds is 4. The molecule has 0 saturated carbocycles. The molecule has 0 spiro atoms. The highest BCUT2D eigenvalue weighted by molar-refractivity contribution is 6.31. The number of carbonyl (C=O) groups excluding carboxylic acids is 1. The fourth-order valence-corrected chi connectivity index (χ4v) is 2.83. The van der Waals surface area contributed by atoms with E-state index in [1.807, 2.05) is 19.9 Å². The smallest absolute Gasteiger partial charge is 0.269 e. The Hall–Kier alpha value is -3.63. The average molecular weight is 409 g/mol. The lowest BCUT2D eigenvalue weighted by Gasteiger charge is -2.12. The molecule has 3 aromatic rings. The van der Waals surface area contributed by atoms with Gasteiger partial charge in [-0.1, -0.05) is 17.7 Å². The van der Waals surface area contributed by atoms with Crippen LogP contribution in [0.15, 0.2) is 46.9 Å². The van der Waals surface area contributed by atoms with Crippen molar-refractivity contribution in [2.75, 3.05) is 7.05 Å². The number of nitriles is 1. The van der Waals surface area contributed by atoms with E-state index in [1.165, 1.54) is 17.5 Å². The number of carbonyl (C=O) groups is 1. The number of halogens is 1. The van der Waals surface area contributed by atoms with Crippen molar-refractivity contribution >= 4 is 29.2 Å². The number of ether oxygens (including phenoxy) is 1. The number of nitrogens with zero attached hydrogens (tertiary/aromatic N) is 3. The lowest BCUT2D eigenvalue weighted by atomic mass is 10.1. The number of nitrogens with one attached hydrogen (secondary N) is 1. The summed E-state index contributed by atoms with van der Waals surface area (Å²) in [7, 11) is 1.40. The molecule has 0 aliphatic carbocycles. The van der Waals surface area contributed by atoms with E-state index in [9.17, 15) is 14.9 Å². The maximum Gasteiger partial charge on any atom is 0.269 e. The summed E-state index contributed by atoms with van der Waals surface area (Å²) in [6.07, 6.45) is 2.75. The molecule has 0 atom stereocenters. The summed E-state index contributed by atoms with van der Waals surface area (Å²) in [5.74, 6) is -0.206. The van der Waals surface area contributed by atoms with E-state index in [1.54, 1.807) is 36.5 Å². The summed E-state index contributed by atoms with van der Waals surface area (Å²) in [4.78, 5) is 29.5. The van der Waals surface area contributed by atoms with Crippen molar-refractivity contribution < 1.29 is 9.53 Å². The average Bonchev–Trinajstić information content (AvgIpc) is 2.71. The van der Waals surface area contributed by atoms with Crippen LogP contribution in [0.4, 0.5) is 0 Å². The summed E-state index contributed by atoms with van der Waals surface area (Å²) in [5.41, 5.74) is 1.25. The highest BCUT2D eigenvalue weighted by Crippen LogP contribution is 2.27. The number of pyridine rings is 1. The Kier molecular flexibility index (Phi) is 5.66. The number of aromatic nitrogens is 2. The Morgan fingerprint density at radius 2 is 2.07 bits per heavy atom. The molecule has 146 valence electrons. The van der Waals surface area contributed by atoms with Gasteiger partial charge in [0.1, 0.15) is 28.6 Å². The third-order valence-electron chi connectivity index (χ3n) is 4.27. The Bertz CT molecular complexity index is 1260. The second kappa shape index (κ2) is 8.17. The van der Waals surface area contributed by atoms with Crippen LogP contribution in [0.25, 0.3) is 11.7 Å². The van der Waals surface area contributed by atoms with Crippen molar-refractivity contribution in [3.8, 4) is 17.7 Å². The molecule has 7 nitrogen and oxygen atoms in total. The largest absolute Gasteiger partial charge is 0.438 e. The van der Waals surface area contributed by atoms with Crippen LogP contribution in [0.5, 0.6) is 11.6 Å². The van der Waals surface area contributed by atoms with Gasteiger partial charge in [-0.25, -0.2) is 0 Å². The second-order valence-corrected chi connectivity index (χ2v) is 6.69. The van der Waals surface area contributed by atoms with Gasteiger partial charge >= 0.3 is 0 Å². The van der Waals surface area contributed by atoms with Gasteiger partial charge in [0.2, 0.25) is 5.88 Å². The number of aryl methyl sites for hydroxylation is 2. The Labute approximate surface area is 171 Å². The number of fused-ring (bicyclic) bond motifs is 1. The lowest BCUT2D eigenvalue weighted by molar-refractivity contribution is -0.116. The molecule has 0 radical (unpaired) electrons. The van der Waals surface area contributed by atoms with E-state index in [2.05, 4.69) is 10.3 Å². The molecule has 1 aromatic carbocycles. The van der Waals surface area contributed by atoms with Gasteiger partial charge in [0.25, 0.3) is 11.5 Å². The van der Waals surface area contributed by atoms with Crippen molar-refractivity contribution in [1.29, 1.82) is 5.26 Å². The van der Waals surface area contributed by atoms with Crippen LogP contribution in [0, 0.1) is 25.2 Å².